The van der Waals surface area contributed by atoms with Crippen molar-refractivity contribution in [1.82, 2.24) is 4.90 Å². The minimum absolute atomic E-state index is 0. The normalized spacial score (nSPS) is 21.4. The summed E-state index contributed by atoms with van der Waals surface area (Å²) in [5.74, 6) is -0.677. The van der Waals surface area contributed by atoms with Crippen LogP contribution in [0.1, 0.15) is 45.4 Å². The maximum atomic E-state index is 11.5. The molecule has 1 saturated heterocycles. The second-order valence-electron chi connectivity index (χ2n) is 6.23. The average molecular weight is 304 g/mol. The zero-order chi connectivity index (χ0) is 16.3. The van der Waals surface area contributed by atoms with Crippen molar-refractivity contribution in [1.29, 1.82) is 0 Å². The molecule has 2 atom stereocenters. The largest absolute Gasteiger partial charge is 0.359 e. The Hall–Kier alpha value is -1.65. The fourth-order valence-corrected chi connectivity index (χ4v) is 2.95. The molecule has 22 heavy (non-hydrogen) atoms. The summed E-state index contributed by atoms with van der Waals surface area (Å²) in [5, 5.41) is 13.9. The quantitative estimate of drug-likeness (QED) is 0.480. The summed E-state index contributed by atoms with van der Waals surface area (Å²) in [6.45, 7) is 11.2. The van der Waals surface area contributed by atoms with Crippen LogP contribution in [-0.4, -0.2) is 34.7 Å². The van der Waals surface area contributed by atoms with Crippen molar-refractivity contribution < 1.29 is 11.3 Å². The Kier molecular flexibility index (Phi) is 5.04. The maximum Gasteiger partial charge on any atom is 0.192 e. The fourth-order valence-electron chi connectivity index (χ4n) is 2.95. The van der Waals surface area contributed by atoms with Crippen molar-refractivity contribution in [2.45, 2.75) is 39.5 Å². The number of aliphatic hydroxyl groups is 1. The Labute approximate surface area is 134 Å². The first kappa shape index (κ1) is 16.7. The second kappa shape index (κ2) is 6.63. The highest BCUT2D eigenvalue weighted by atomic mass is 16.3. The average Bonchev–Trinajstić information content (AvgIpc) is 2.97. The van der Waals surface area contributed by atoms with E-state index in [9.17, 15) is 9.90 Å². The molecule has 1 fully saturated rings. The minimum atomic E-state index is -1.14. The zero-order valence-electron chi connectivity index (χ0n) is 13.7. The molecule has 0 amide bonds. The Morgan fingerprint density at radius 3 is 2.95 bits per heavy atom. The van der Waals surface area contributed by atoms with Gasteiger partial charge in [-0.25, -0.2) is 0 Å². The van der Waals surface area contributed by atoms with E-state index in [-0.39, 0.29) is 7.21 Å². The van der Waals surface area contributed by atoms with Crippen molar-refractivity contribution in [3.63, 3.8) is 0 Å². The summed E-state index contributed by atoms with van der Waals surface area (Å²) in [6, 6.07) is 7.23. The van der Waals surface area contributed by atoms with Crippen LogP contribution in [0.15, 0.2) is 36.4 Å². The molecule has 0 bridgehead atoms. The number of rotatable bonds is 6. The van der Waals surface area contributed by atoms with Gasteiger partial charge in [-0.2, -0.15) is 0 Å². The Morgan fingerprint density at radius 1 is 1.59 bits per heavy atom. The van der Waals surface area contributed by atoms with E-state index in [4.69, 9.17) is 0 Å². The van der Waals surface area contributed by atoms with Gasteiger partial charge in [0.1, 0.15) is 0 Å². The number of hydrogen-bond donors (Lipinski definition) is 2. The second-order valence-corrected chi connectivity index (χ2v) is 6.23. The third-order valence-corrected chi connectivity index (χ3v) is 4.49. The summed E-state index contributed by atoms with van der Waals surface area (Å²) in [4.78, 5) is 13.5. The lowest BCUT2D eigenvalue weighted by Gasteiger charge is -2.35. The van der Waals surface area contributed by atoms with Crippen molar-refractivity contribution in [3.05, 3.63) is 42.0 Å². The van der Waals surface area contributed by atoms with Crippen LogP contribution in [-0.2, 0) is 0 Å². The van der Waals surface area contributed by atoms with Gasteiger partial charge in [-0.3, -0.25) is 9.69 Å². The van der Waals surface area contributed by atoms with Crippen LogP contribution in [0, 0.1) is 5.92 Å². The van der Waals surface area contributed by atoms with E-state index in [1.807, 2.05) is 17.0 Å². The topological polar surface area (TPSA) is 52.6 Å². The molecule has 0 saturated carbocycles. The lowest BCUT2D eigenvalue weighted by atomic mass is 9.98. The van der Waals surface area contributed by atoms with Gasteiger partial charge in [0.25, 0.3) is 0 Å². The molecule has 0 aliphatic carbocycles. The highest BCUT2D eigenvalue weighted by molar-refractivity contribution is 5.94. The number of carbonyl (C=O) groups is 1. The van der Waals surface area contributed by atoms with Crippen molar-refractivity contribution in [3.8, 4) is 0 Å². The zero-order valence-corrected chi connectivity index (χ0v) is 13.7. The van der Waals surface area contributed by atoms with Gasteiger partial charge in [-0.15, -0.1) is 0 Å². The molecule has 2 rings (SSSR count). The predicted octanol–water partition coefficient (Wildman–Crippen LogP) is 3.50. The molecule has 0 radical (unpaired) electrons. The number of benzene rings is 1. The van der Waals surface area contributed by atoms with Crippen molar-refractivity contribution in [2.75, 3.05) is 18.4 Å². The summed E-state index contributed by atoms with van der Waals surface area (Å²) < 4.78 is 0. The molecular weight excluding hydrogens is 276 g/mol. The minimum Gasteiger partial charge on any atom is -0.359 e. The number of nitrogens with one attached hydrogen (secondary N) is 1. The van der Waals surface area contributed by atoms with E-state index in [1.54, 1.807) is 26.0 Å². The molecule has 1 aliphatic rings. The first-order valence-electron chi connectivity index (χ1n) is 7.87. The van der Waals surface area contributed by atoms with Crippen LogP contribution in [0.2, 0.25) is 0 Å². The molecule has 2 N–H and O–H groups in total. The van der Waals surface area contributed by atoms with E-state index in [2.05, 4.69) is 18.8 Å². The van der Waals surface area contributed by atoms with Crippen molar-refractivity contribution in [2.24, 2.45) is 5.92 Å². The molecule has 1 aromatic rings. The molecule has 122 valence electrons. The highest BCUT2D eigenvalue weighted by Gasteiger charge is 2.35. The van der Waals surface area contributed by atoms with Gasteiger partial charge in [0.05, 0.1) is 0 Å². The predicted molar refractivity (Wildman–Crippen MR) is 91.9 cm³/mol. The molecule has 1 aliphatic heterocycles. The van der Waals surface area contributed by atoms with Crippen LogP contribution in [0.5, 0.6) is 0 Å². The van der Waals surface area contributed by atoms with Crippen molar-refractivity contribution >= 4 is 11.5 Å². The van der Waals surface area contributed by atoms with Crippen LogP contribution in [0.4, 0.5) is 5.69 Å². The molecule has 1 aromatic carbocycles. The van der Waals surface area contributed by atoms with Crippen LogP contribution < -0.4 is 5.32 Å². The molecule has 4 heteroatoms. The van der Waals surface area contributed by atoms with E-state index in [0.29, 0.717) is 11.5 Å². The number of carbonyl (C=O) groups excluding carboxylic acids is 1. The number of nitrogens with zero attached hydrogens (tertiary/aromatic N) is 1. The lowest BCUT2D eigenvalue weighted by Crippen LogP contribution is -2.51. The third-order valence-electron chi connectivity index (χ3n) is 4.49. The summed E-state index contributed by atoms with van der Waals surface area (Å²) >= 11 is 0. The first-order chi connectivity index (χ1) is 10.3. The molecular formula is C18H28N2O2. The Bertz CT molecular complexity index is 572. The van der Waals surface area contributed by atoms with Gasteiger partial charge in [-0.05, 0) is 44.7 Å². The van der Waals surface area contributed by atoms with E-state index in [1.165, 1.54) is 5.57 Å². The van der Waals surface area contributed by atoms with Crippen LogP contribution in [0.3, 0.4) is 0 Å². The monoisotopic (exact) mass is 304 g/mol. The summed E-state index contributed by atoms with van der Waals surface area (Å²) in [7, 11) is 0. The van der Waals surface area contributed by atoms with E-state index in [0.717, 1.165) is 31.6 Å². The van der Waals surface area contributed by atoms with Gasteiger partial charge >= 0.3 is 0 Å². The number of hydrogen-bond acceptors (Lipinski definition) is 4. The molecule has 4 nitrogen and oxygen atoms in total. The van der Waals surface area contributed by atoms with Gasteiger partial charge in [0, 0.05) is 25.8 Å². The Balaban J connectivity index is 0.00000264. The van der Waals surface area contributed by atoms with Gasteiger partial charge in [0.2, 0.25) is 0 Å². The summed E-state index contributed by atoms with van der Waals surface area (Å²) in [6.07, 6.45) is 2.01. The number of anilines is 1. The SMILES string of the molecule is C=C(CC)C1CCN(C(C)(O)Nc2cccc(C(C)=O)c2)C1.[HH]. The Morgan fingerprint density at radius 2 is 2.32 bits per heavy atom. The maximum absolute atomic E-state index is 11.5. The highest BCUT2D eigenvalue weighted by Crippen LogP contribution is 2.29. The number of likely N-dealkylation sites (tertiary alicyclic amines) is 1. The number of ketones is 1. The van der Waals surface area contributed by atoms with E-state index >= 15 is 0 Å². The molecule has 1 heterocycles. The molecule has 0 spiro atoms. The first-order valence-corrected chi connectivity index (χ1v) is 7.87. The summed E-state index contributed by atoms with van der Waals surface area (Å²) in [5.41, 5.74) is 2.63. The smallest absolute Gasteiger partial charge is 0.192 e. The molecule has 2 unspecified atom stereocenters. The third kappa shape index (κ3) is 3.76. The van der Waals surface area contributed by atoms with Gasteiger partial charge < -0.3 is 10.4 Å². The van der Waals surface area contributed by atoms with E-state index < -0.39 is 5.85 Å². The van der Waals surface area contributed by atoms with Gasteiger partial charge in [-0.1, -0.05) is 31.2 Å². The van der Waals surface area contributed by atoms with Gasteiger partial charge in [0.15, 0.2) is 11.6 Å². The number of Topliss-reactive ketones (excluding diaryl/α,β-unsaturated/α-hetero) is 1. The standard InChI is InChI=1S/C18H26N2O2.H2/c1-5-13(2)16-9-10-20(12-16)18(4,22)19-17-8-6-7-15(11-17)14(3)21;/h6-8,11,16,19,22H,2,5,9-10,12H2,1,3-4H3;1H. The fraction of sp³-hybridized carbons (Fsp3) is 0.500. The molecule has 0 aromatic heterocycles. The van der Waals surface area contributed by atoms with Crippen LogP contribution in [0.25, 0.3) is 0 Å². The van der Waals surface area contributed by atoms with Crippen LogP contribution >= 0.6 is 0 Å². The lowest BCUT2D eigenvalue weighted by molar-refractivity contribution is -0.0576.